The van der Waals surface area contributed by atoms with Crippen LogP contribution in [-0.4, -0.2) is 36.5 Å². The van der Waals surface area contributed by atoms with Gasteiger partial charge in [-0.25, -0.2) is 4.79 Å². The molecule has 0 aromatic rings. The van der Waals surface area contributed by atoms with Gasteiger partial charge >= 0.3 is 5.97 Å². The van der Waals surface area contributed by atoms with Crippen molar-refractivity contribution < 1.29 is 28.9 Å². The maximum absolute atomic E-state index is 11.2. The summed E-state index contributed by atoms with van der Waals surface area (Å²) in [6.45, 7) is 4.07. The van der Waals surface area contributed by atoms with Crippen molar-refractivity contribution in [1.29, 1.82) is 0 Å². The van der Waals surface area contributed by atoms with Gasteiger partial charge in [0, 0.05) is 12.5 Å². The minimum Gasteiger partial charge on any atom is -0.478 e. The van der Waals surface area contributed by atoms with Gasteiger partial charge in [0.15, 0.2) is 6.29 Å². The topological polar surface area (TPSA) is 82.1 Å². The lowest BCUT2D eigenvalue weighted by atomic mass is 9.84. The van der Waals surface area contributed by atoms with Gasteiger partial charge in [-0.1, -0.05) is 6.08 Å². The molecule has 110 valence electrons. The molecule has 2 aliphatic rings. The van der Waals surface area contributed by atoms with Crippen LogP contribution in [0.15, 0.2) is 23.5 Å². The van der Waals surface area contributed by atoms with Crippen molar-refractivity contribution in [3.05, 3.63) is 23.5 Å². The predicted molar refractivity (Wildman–Crippen MR) is 68.5 cm³/mol. The molecule has 6 nitrogen and oxygen atoms in total. The summed E-state index contributed by atoms with van der Waals surface area (Å²) in [4.78, 5) is 22.3. The molecule has 0 fully saturated rings. The molecule has 1 aliphatic carbocycles. The standard InChI is InChI=1S/C14H18O6/c1-3-18-8(2)20-14-12-9(6-15)4-5-10(12)11(7-19-14)13(16)17/h4,6-8,10,12,14H,3,5H2,1-2H3,(H,16,17)/t8?,10?,12-,14?/m1/s1. The Balaban J connectivity index is 2.19. The van der Waals surface area contributed by atoms with Crippen molar-refractivity contribution >= 4 is 12.3 Å². The fourth-order valence-electron chi connectivity index (χ4n) is 2.67. The van der Waals surface area contributed by atoms with Gasteiger partial charge in [-0.15, -0.1) is 0 Å². The van der Waals surface area contributed by atoms with Gasteiger partial charge in [0.2, 0.25) is 6.29 Å². The second-order valence-electron chi connectivity index (χ2n) is 4.73. The van der Waals surface area contributed by atoms with Crippen LogP contribution in [0, 0.1) is 11.8 Å². The summed E-state index contributed by atoms with van der Waals surface area (Å²) in [6, 6.07) is 0. The molecule has 6 heteroatoms. The van der Waals surface area contributed by atoms with E-state index in [2.05, 4.69) is 0 Å². The first kappa shape index (κ1) is 14.7. The SMILES string of the molecule is CCOC(C)OC1OC=C(C(=O)O)C2CC=C(C=O)[C@@H]12. The molecule has 0 saturated heterocycles. The summed E-state index contributed by atoms with van der Waals surface area (Å²) in [5.41, 5.74) is 0.697. The van der Waals surface area contributed by atoms with Gasteiger partial charge < -0.3 is 19.3 Å². The van der Waals surface area contributed by atoms with Crippen LogP contribution < -0.4 is 0 Å². The number of rotatable bonds is 6. The molecule has 0 radical (unpaired) electrons. The Bertz CT molecular complexity index is 453. The number of hydrogen-bond acceptors (Lipinski definition) is 5. The largest absolute Gasteiger partial charge is 0.478 e. The average molecular weight is 282 g/mol. The number of carbonyl (C=O) groups is 2. The number of allylic oxidation sites excluding steroid dienone is 1. The van der Waals surface area contributed by atoms with E-state index in [-0.39, 0.29) is 11.5 Å². The lowest BCUT2D eigenvalue weighted by Crippen LogP contribution is -2.39. The van der Waals surface area contributed by atoms with E-state index in [9.17, 15) is 14.7 Å². The summed E-state index contributed by atoms with van der Waals surface area (Å²) in [5.74, 6) is -1.72. The van der Waals surface area contributed by atoms with Crippen LogP contribution in [0.3, 0.4) is 0 Å². The van der Waals surface area contributed by atoms with Gasteiger partial charge in [-0.2, -0.15) is 0 Å². The molecule has 0 amide bonds. The third-order valence-electron chi connectivity index (χ3n) is 3.56. The highest BCUT2D eigenvalue weighted by Crippen LogP contribution is 2.43. The summed E-state index contributed by atoms with van der Waals surface area (Å²) >= 11 is 0. The third kappa shape index (κ3) is 2.76. The molecular weight excluding hydrogens is 264 g/mol. The molecule has 0 aromatic heterocycles. The monoisotopic (exact) mass is 282 g/mol. The van der Waals surface area contributed by atoms with Gasteiger partial charge in [0.25, 0.3) is 0 Å². The molecule has 3 unspecified atom stereocenters. The first-order valence-electron chi connectivity index (χ1n) is 6.59. The molecule has 20 heavy (non-hydrogen) atoms. The van der Waals surface area contributed by atoms with Crippen molar-refractivity contribution in [2.24, 2.45) is 11.8 Å². The Morgan fingerprint density at radius 1 is 1.65 bits per heavy atom. The second kappa shape index (κ2) is 6.19. The van der Waals surface area contributed by atoms with Crippen LogP contribution in [0.25, 0.3) is 0 Å². The van der Waals surface area contributed by atoms with Gasteiger partial charge in [-0.05, 0) is 25.8 Å². The van der Waals surface area contributed by atoms with Crippen molar-refractivity contribution in [2.45, 2.75) is 32.8 Å². The first-order valence-corrected chi connectivity index (χ1v) is 6.59. The minimum absolute atomic E-state index is 0.173. The van der Waals surface area contributed by atoms with Gasteiger partial charge in [0.05, 0.1) is 17.8 Å². The van der Waals surface area contributed by atoms with Crippen molar-refractivity contribution in [2.75, 3.05) is 6.61 Å². The van der Waals surface area contributed by atoms with Crippen molar-refractivity contribution in [3.8, 4) is 0 Å². The zero-order valence-electron chi connectivity index (χ0n) is 11.4. The lowest BCUT2D eigenvalue weighted by Gasteiger charge is -2.34. The number of aldehydes is 1. The zero-order chi connectivity index (χ0) is 14.7. The fraction of sp³-hybridized carbons (Fsp3) is 0.571. The number of hydrogen-bond donors (Lipinski definition) is 1. The molecule has 4 atom stereocenters. The van der Waals surface area contributed by atoms with E-state index < -0.39 is 24.5 Å². The Morgan fingerprint density at radius 2 is 2.40 bits per heavy atom. The van der Waals surface area contributed by atoms with E-state index in [1.165, 1.54) is 6.26 Å². The van der Waals surface area contributed by atoms with E-state index in [4.69, 9.17) is 14.2 Å². The van der Waals surface area contributed by atoms with Crippen LogP contribution >= 0.6 is 0 Å². The van der Waals surface area contributed by atoms with Crippen LogP contribution in [-0.2, 0) is 23.8 Å². The molecule has 0 bridgehead atoms. The molecule has 0 saturated carbocycles. The van der Waals surface area contributed by atoms with E-state index in [1.807, 2.05) is 6.92 Å². The number of ether oxygens (including phenoxy) is 3. The summed E-state index contributed by atoms with van der Waals surface area (Å²) < 4.78 is 16.3. The Morgan fingerprint density at radius 3 is 3.00 bits per heavy atom. The highest BCUT2D eigenvalue weighted by atomic mass is 16.8. The Kier molecular flexibility index (Phi) is 4.57. The number of aliphatic carboxylic acids is 1. The second-order valence-corrected chi connectivity index (χ2v) is 4.73. The summed E-state index contributed by atoms with van der Waals surface area (Å²) in [6.07, 6.45) is 3.01. The molecule has 0 aromatic carbocycles. The summed E-state index contributed by atoms with van der Waals surface area (Å²) in [7, 11) is 0. The van der Waals surface area contributed by atoms with Gasteiger partial charge in [0.1, 0.15) is 6.29 Å². The highest BCUT2D eigenvalue weighted by molar-refractivity contribution is 5.88. The molecular formula is C14H18O6. The number of carboxylic acids is 1. The highest BCUT2D eigenvalue weighted by Gasteiger charge is 2.45. The third-order valence-corrected chi connectivity index (χ3v) is 3.56. The Hall–Kier alpha value is -1.66. The normalized spacial score (nSPS) is 29.8. The molecule has 0 spiro atoms. The maximum atomic E-state index is 11.2. The molecule has 2 rings (SSSR count). The van der Waals surface area contributed by atoms with E-state index in [0.717, 1.165) is 6.29 Å². The van der Waals surface area contributed by atoms with Crippen LogP contribution in [0.2, 0.25) is 0 Å². The van der Waals surface area contributed by atoms with Crippen LogP contribution in [0.5, 0.6) is 0 Å². The molecule has 1 N–H and O–H groups in total. The minimum atomic E-state index is -1.03. The quantitative estimate of drug-likeness (QED) is 0.587. The van der Waals surface area contributed by atoms with Crippen molar-refractivity contribution in [3.63, 3.8) is 0 Å². The predicted octanol–water partition coefficient (Wildman–Crippen LogP) is 1.47. The summed E-state index contributed by atoms with van der Waals surface area (Å²) in [5, 5.41) is 9.17. The van der Waals surface area contributed by atoms with E-state index in [1.54, 1.807) is 13.0 Å². The maximum Gasteiger partial charge on any atom is 0.335 e. The smallest absolute Gasteiger partial charge is 0.335 e. The van der Waals surface area contributed by atoms with Crippen LogP contribution in [0.4, 0.5) is 0 Å². The average Bonchev–Trinajstić information content (AvgIpc) is 2.83. The fourth-order valence-corrected chi connectivity index (χ4v) is 2.67. The van der Waals surface area contributed by atoms with Crippen LogP contribution in [0.1, 0.15) is 20.3 Å². The van der Waals surface area contributed by atoms with Gasteiger partial charge in [-0.3, -0.25) is 4.79 Å². The molecule has 1 aliphatic heterocycles. The molecule has 1 heterocycles. The van der Waals surface area contributed by atoms with Crippen molar-refractivity contribution in [1.82, 2.24) is 0 Å². The Labute approximate surface area is 117 Å². The van der Waals surface area contributed by atoms with E-state index in [0.29, 0.717) is 18.6 Å². The zero-order valence-corrected chi connectivity index (χ0v) is 11.4. The first-order chi connectivity index (χ1) is 9.58. The van der Waals surface area contributed by atoms with E-state index >= 15 is 0 Å². The number of carbonyl (C=O) groups excluding carboxylic acids is 1. The number of carboxylic acid groups (broad SMARTS) is 1. The lowest BCUT2D eigenvalue weighted by molar-refractivity contribution is -0.242. The number of fused-ring (bicyclic) bond motifs is 1.